The van der Waals surface area contributed by atoms with Crippen molar-refractivity contribution in [3.63, 3.8) is 0 Å². The van der Waals surface area contributed by atoms with Gasteiger partial charge in [0.05, 0.1) is 5.60 Å². The van der Waals surface area contributed by atoms with Gasteiger partial charge in [0.15, 0.2) is 0 Å². The van der Waals surface area contributed by atoms with Gasteiger partial charge in [0.1, 0.15) is 0 Å². The predicted octanol–water partition coefficient (Wildman–Crippen LogP) is 2.14. The molecule has 1 aromatic carbocycles. The van der Waals surface area contributed by atoms with E-state index in [0.717, 1.165) is 5.56 Å². The highest BCUT2D eigenvalue weighted by Crippen LogP contribution is 2.19. The number of amides is 1. The summed E-state index contributed by atoms with van der Waals surface area (Å²) in [7, 11) is 0. The Kier molecular flexibility index (Phi) is 5.96. The van der Waals surface area contributed by atoms with Crippen LogP contribution in [-0.2, 0) is 9.53 Å². The molecule has 1 aliphatic heterocycles. The van der Waals surface area contributed by atoms with Gasteiger partial charge in [0, 0.05) is 39.0 Å². The second kappa shape index (κ2) is 7.96. The molecule has 1 fully saturated rings. The summed E-state index contributed by atoms with van der Waals surface area (Å²) in [5.41, 5.74) is 0.336. The molecule has 0 bridgehead atoms. The maximum absolute atomic E-state index is 11.8. The van der Waals surface area contributed by atoms with E-state index in [4.69, 9.17) is 4.74 Å². The minimum atomic E-state index is -0.798. The smallest absolute Gasteiger partial charge is 0.220 e. The summed E-state index contributed by atoms with van der Waals surface area (Å²) in [6, 6.07) is 10.0. The SMILES string of the molecule is O=C(CCC=Cc1ccccc1)NCC1(O)CCOCC1. The lowest BCUT2D eigenvalue weighted by Crippen LogP contribution is -2.46. The Balaban J connectivity index is 1.64. The lowest BCUT2D eigenvalue weighted by molar-refractivity contribution is -0.123. The van der Waals surface area contributed by atoms with Gasteiger partial charge in [0.25, 0.3) is 0 Å². The highest BCUT2D eigenvalue weighted by atomic mass is 16.5. The lowest BCUT2D eigenvalue weighted by atomic mass is 9.94. The van der Waals surface area contributed by atoms with Crippen LogP contribution in [0.2, 0.25) is 0 Å². The van der Waals surface area contributed by atoms with Crippen molar-refractivity contribution < 1.29 is 14.6 Å². The number of aliphatic hydroxyl groups is 1. The van der Waals surface area contributed by atoms with Gasteiger partial charge in [0.2, 0.25) is 5.91 Å². The van der Waals surface area contributed by atoms with E-state index in [1.807, 2.05) is 42.5 Å². The third-order valence-electron chi connectivity index (χ3n) is 3.69. The van der Waals surface area contributed by atoms with Crippen LogP contribution in [0.25, 0.3) is 6.08 Å². The van der Waals surface area contributed by atoms with E-state index in [2.05, 4.69) is 5.32 Å². The molecular formula is C17H23NO3. The molecule has 2 rings (SSSR count). The second-order valence-electron chi connectivity index (χ2n) is 5.47. The fourth-order valence-corrected chi connectivity index (χ4v) is 2.28. The summed E-state index contributed by atoms with van der Waals surface area (Å²) >= 11 is 0. The van der Waals surface area contributed by atoms with Crippen molar-refractivity contribution in [1.29, 1.82) is 0 Å². The van der Waals surface area contributed by atoms with Gasteiger partial charge in [-0.3, -0.25) is 4.79 Å². The molecule has 4 heteroatoms. The molecule has 1 heterocycles. The lowest BCUT2D eigenvalue weighted by Gasteiger charge is -2.32. The van der Waals surface area contributed by atoms with E-state index in [1.165, 1.54) is 0 Å². The monoisotopic (exact) mass is 289 g/mol. The second-order valence-corrected chi connectivity index (χ2v) is 5.47. The number of nitrogens with one attached hydrogen (secondary N) is 1. The first-order valence-corrected chi connectivity index (χ1v) is 7.46. The van der Waals surface area contributed by atoms with E-state index >= 15 is 0 Å². The van der Waals surface area contributed by atoms with Crippen molar-refractivity contribution in [1.82, 2.24) is 5.32 Å². The van der Waals surface area contributed by atoms with Gasteiger partial charge < -0.3 is 15.2 Å². The molecule has 0 spiro atoms. The number of hydrogen-bond donors (Lipinski definition) is 2. The van der Waals surface area contributed by atoms with Crippen LogP contribution in [0.3, 0.4) is 0 Å². The largest absolute Gasteiger partial charge is 0.388 e. The van der Waals surface area contributed by atoms with E-state index in [-0.39, 0.29) is 5.91 Å². The molecule has 21 heavy (non-hydrogen) atoms. The quantitative estimate of drug-likeness (QED) is 0.843. The molecule has 0 aliphatic carbocycles. The maximum Gasteiger partial charge on any atom is 0.220 e. The van der Waals surface area contributed by atoms with Crippen LogP contribution in [0.5, 0.6) is 0 Å². The van der Waals surface area contributed by atoms with E-state index < -0.39 is 5.60 Å². The fraction of sp³-hybridized carbons (Fsp3) is 0.471. The summed E-state index contributed by atoms with van der Waals surface area (Å²) in [6.45, 7) is 1.44. The molecule has 0 radical (unpaired) electrons. The molecule has 2 N–H and O–H groups in total. The Morgan fingerprint density at radius 3 is 2.71 bits per heavy atom. The Bertz CT molecular complexity index is 464. The third kappa shape index (κ3) is 5.69. The Hall–Kier alpha value is -1.65. The van der Waals surface area contributed by atoms with Gasteiger partial charge >= 0.3 is 0 Å². The standard InChI is InChI=1S/C17H23NO3/c19-16(18-14-17(20)10-12-21-13-11-17)9-5-4-8-15-6-2-1-3-7-15/h1-4,6-8,20H,5,9-14H2,(H,18,19). The number of rotatable bonds is 6. The van der Waals surface area contributed by atoms with Crippen LogP contribution in [0.1, 0.15) is 31.2 Å². The molecule has 1 saturated heterocycles. The van der Waals surface area contributed by atoms with Gasteiger partial charge in [-0.2, -0.15) is 0 Å². The molecule has 0 unspecified atom stereocenters. The number of allylic oxidation sites excluding steroid dienone is 1. The topological polar surface area (TPSA) is 58.6 Å². The fourth-order valence-electron chi connectivity index (χ4n) is 2.28. The van der Waals surface area contributed by atoms with Gasteiger partial charge in [-0.1, -0.05) is 42.5 Å². The summed E-state index contributed by atoms with van der Waals surface area (Å²) in [5, 5.41) is 13.0. The van der Waals surface area contributed by atoms with Crippen molar-refractivity contribution in [2.24, 2.45) is 0 Å². The first-order chi connectivity index (χ1) is 10.2. The zero-order chi connectivity index (χ0) is 15.0. The number of carbonyl (C=O) groups excluding carboxylic acids is 1. The zero-order valence-corrected chi connectivity index (χ0v) is 12.3. The predicted molar refractivity (Wildman–Crippen MR) is 82.7 cm³/mol. The van der Waals surface area contributed by atoms with Crippen LogP contribution < -0.4 is 5.32 Å². The summed E-state index contributed by atoms with van der Waals surface area (Å²) in [6.07, 6.45) is 6.32. The Morgan fingerprint density at radius 1 is 1.29 bits per heavy atom. The van der Waals surface area contributed by atoms with Crippen LogP contribution in [0, 0.1) is 0 Å². The number of benzene rings is 1. The number of carbonyl (C=O) groups is 1. The summed E-state index contributed by atoms with van der Waals surface area (Å²) in [5.74, 6) is -0.0207. The average Bonchev–Trinajstić information content (AvgIpc) is 2.51. The number of ether oxygens (including phenoxy) is 1. The van der Waals surface area contributed by atoms with Crippen molar-refractivity contribution in [2.75, 3.05) is 19.8 Å². The minimum Gasteiger partial charge on any atom is -0.388 e. The molecule has 114 valence electrons. The van der Waals surface area contributed by atoms with Crippen LogP contribution in [0.4, 0.5) is 0 Å². The Labute approximate surface area is 125 Å². The van der Waals surface area contributed by atoms with Crippen LogP contribution in [-0.4, -0.2) is 36.4 Å². The maximum atomic E-state index is 11.8. The summed E-state index contributed by atoms with van der Waals surface area (Å²) < 4.78 is 5.21. The van der Waals surface area contributed by atoms with Gasteiger partial charge in [-0.25, -0.2) is 0 Å². The molecule has 0 aromatic heterocycles. The Morgan fingerprint density at radius 2 is 2.00 bits per heavy atom. The van der Waals surface area contributed by atoms with E-state index in [9.17, 15) is 9.90 Å². The molecule has 1 amide bonds. The third-order valence-corrected chi connectivity index (χ3v) is 3.69. The van der Waals surface area contributed by atoms with E-state index in [1.54, 1.807) is 0 Å². The van der Waals surface area contributed by atoms with Gasteiger partial charge in [-0.05, 0) is 12.0 Å². The van der Waals surface area contributed by atoms with Crippen LogP contribution in [0.15, 0.2) is 36.4 Å². The average molecular weight is 289 g/mol. The van der Waals surface area contributed by atoms with E-state index in [0.29, 0.717) is 45.4 Å². The highest BCUT2D eigenvalue weighted by molar-refractivity contribution is 5.76. The van der Waals surface area contributed by atoms with Crippen molar-refractivity contribution >= 4 is 12.0 Å². The van der Waals surface area contributed by atoms with Gasteiger partial charge in [-0.15, -0.1) is 0 Å². The molecular weight excluding hydrogens is 266 g/mol. The molecule has 1 aromatic rings. The normalized spacial score (nSPS) is 17.8. The first kappa shape index (κ1) is 15.7. The van der Waals surface area contributed by atoms with Crippen molar-refractivity contribution in [3.05, 3.63) is 42.0 Å². The first-order valence-electron chi connectivity index (χ1n) is 7.46. The molecule has 1 aliphatic rings. The van der Waals surface area contributed by atoms with Crippen molar-refractivity contribution in [3.8, 4) is 0 Å². The molecule has 0 atom stereocenters. The highest BCUT2D eigenvalue weighted by Gasteiger charge is 2.29. The van der Waals surface area contributed by atoms with Crippen LogP contribution >= 0.6 is 0 Å². The number of hydrogen-bond acceptors (Lipinski definition) is 3. The van der Waals surface area contributed by atoms with Crippen molar-refractivity contribution in [2.45, 2.75) is 31.3 Å². The summed E-state index contributed by atoms with van der Waals surface area (Å²) in [4.78, 5) is 11.8. The zero-order valence-electron chi connectivity index (χ0n) is 12.3. The molecule has 0 saturated carbocycles. The minimum absolute atomic E-state index is 0.0207. The molecule has 4 nitrogen and oxygen atoms in total.